The number of hydrogen-bond donors (Lipinski definition) is 0. The van der Waals surface area contributed by atoms with Gasteiger partial charge in [0.1, 0.15) is 5.60 Å². The molecule has 0 aliphatic carbocycles. The van der Waals surface area contributed by atoms with Crippen molar-refractivity contribution < 1.29 is 14.3 Å². The third-order valence-electron chi connectivity index (χ3n) is 6.52. The van der Waals surface area contributed by atoms with Gasteiger partial charge in [-0.2, -0.15) is 5.10 Å². The number of rotatable bonds is 6. The van der Waals surface area contributed by atoms with E-state index in [1.165, 1.54) is 5.56 Å². The minimum Gasteiger partial charge on any atom is -0.360 e. The Morgan fingerprint density at radius 3 is 3.00 bits per heavy atom. The molecule has 4 heterocycles. The Bertz CT molecular complexity index is 1000. The van der Waals surface area contributed by atoms with Crippen LogP contribution in [0.5, 0.6) is 0 Å². The number of aryl methyl sites for hydroxylation is 1. The summed E-state index contributed by atoms with van der Waals surface area (Å²) < 4.78 is 8.04. The first-order valence-electron chi connectivity index (χ1n) is 10.4. The average molecular weight is 406 g/mol. The summed E-state index contributed by atoms with van der Waals surface area (Å²) in [7, 11) is 1.79. The van der Waals surface area contributed by atoms with Gasteiger partial charge in [-0.05, 0) is 18.6 Å². The smallest absolute Gasteiger partial charge is 0.230 e. The Labute approximate surface area is 175 Å². The van der Waals surface area contributed by atoms with Crippen molar-refractivity contribution in [1.82, 2.24) is 19.6 Å². The highest BCUT2D eigenvalue weighted by Gasteiger charge is 2.67. The lowest BCUT2D eigenvalue weighted by Gasteiger charge is -2.27. The predicted molar refractivity (Wildman–Crippen MR) is 110 cm³/mol. The number of hydrogen-bond acceptors (Lipinski definition) is 4. The highest BCUT2D eigenvalue weighted by atomic mass is 16.5. The number of carbonyl (C=O) groups is 2. The molecule has 3 aliphatic rings. The number of carbonyl (C=O) groups excluding carboxylic acids is 2. The summed E-state index contributed by atoms with van der Waals surface area (Å²) in [4.78, 5) is 30.2. The molecule has 30 heavy (non-hydrogen) atoms. The lowest BCUT2D eigenvalue weighted by molar-refractivity contribution is -0.142. The second-order valence-electron chi connectivity index (χ2n) is 8.61. The minimum atomic E-state index is -0.672. The van der Waals surface area contributed by atoms with Crippen LogP contribution in [0.15, 0.2) is 54.9 Å². The SMILES string of the molecule is Cc1cccc(CN2C[C@]34C=C[C@H](O3)C(C(=O)N(C)CCn3cccn3)C4C2=O)c1. The van der Waals surface area contributed by atoms with Crippen molar-refractivity contribution in [3.8, 4) is 0 Å². The van der Waals surface area contributed by atoms with Crippen LogP contribution in [0.3, 0.4) is 0 Å². The Morgan fingerprint density at radius 1 is 1.37 bits per heavy atom. The minimum absolute atomic E-state index is 0.0159. The number of benzene rings is 1. The summed E-state index contributed by atoms with van der Waals surface area (Å²) in [5.41, 5.74) is 1.59. The number of aromatic nitrogens is 2. The number of likely N-dealkylation sites (N-methyl/N-ethyl adjacent to an activating group) is 1. The van der Waals surface area contributed by atoms with E-state index in [4.69, 9.17) is 4.74 Å². The molecule has 1 aromatic heterocycles. The van der Waals surface area contributed by atoms with Gasteiger partial charge in [-0.25, -0.2) is 0 Å². The molecule has 0 N–H and O–H groups in total. The first-order valence-corrected chi connectivity index (χ1v) is 10.4. The molecule has 4 atom stereocenters. The quantitative estimate of drug-likeness (QED) is 0.684. The van der Waals surface area contributed by atoms with Crippen LogP contribution < -0.4 is 0 Å². The molecule has 0 radical (unpaired) electrons. The zero-order valence-electron chi connectivity index (χ0n) is 17.3. The van der Waals surface area contributed by atoms with Crippen LogP contribution in [0.4, 0.5) is 0 Å². The molecule has 0 saturated carbocycles. The van der Waals surface area contributed by atoms with Gasteiger partial charge in [0.05, 0.1) is 31.0 Å². The number of nitrogens with zero attached hydrogens (tertiary/aromatic N) is 4. The van der Waals surface area contributed by atoms with Crippen LogP contribution in [-0.4, -0.2) is 63.2 Å². The van der Waals surface area contributed by atoms with E-state index in [9.17, 15) is 9.59 Å². The van der Waals surface area contributed by atoms with Gasteiger partial charge in [0.2, 0.25) is 11.8 Å². The van der Waals surface area contributed by atoms with Gasteiger partial charge < -0.3 is 14.5 Å². The molecular formula is C23H26N4O3. The first-order chi connectivity index (χ1) is 14.5. The number of likely N-dealkylation sites (tertiary alicyclic amines) is 1. The fourth-order valence-electron chi connectivity index (χ4n) is 5.07. The van der Waals surface area contributed by atoms with Gasteiger partial charge in [-0.3, -0.25) is 14.3 Å². The normalized spacial score (nSPS) is 28.9. The molecule has 2 saturated heterocycles. The lowest BCUT2D eigenvalue weighted by atomic mass is 9.76. The van der Waals surface area contributed by atoms with Crippen LogP contribution in [0, 0.1) is 18.8 Å². The number of fused-ring (bicyclic) bond motifs is 1. The van der Waals surface area contributed by atoms with Crippen LogP contribution >= 0.6 is 0 Å². The molecule has 2 aromatic rings. The predicted octanol–water partition coefficient (Wildman–Crippen LogP) is 1.63. The molecule has 156 valence electrons. The largest absolute Gasteiger partial charge is 0.360 e. The Hall–Kier alpha value is -2.93. The fourth-order valence-corrected chi connectivity index (χ4v) is 5.07. The zero-order chi connectivity index (χ0) is 20.9. The molecule has 1 spiro atoms. The van der Waals surface area contributed by atoms with E-state index >= 15 is 0 Å². The van der Waals surface area contributed by atoms with E-state index in [1.54, 1.807) is 22.8 Å². The highest BCUT2D eigenvalue weighted by Crippen LogP contribution is 2.52. The highest BCUT2D eigenvalue weighted by molar-refractivity contribution is 5.93. The third kappa shape index (κ3) is 3.04. The van der Waals surface area contributed by atoms with E-state index in [0.29, 0.717) is 26.2 Å². The van der Waals surface area contributed by atoms with E-state index in [-0.39, 0.29) is 17.9 Å². The molecule has 7 nitrogen and oxygen atoms in total. The Balaban J connectivity index is 1.32. The van der Waals surface area contributed by atoms with Crippen molar-refractivity contribution in [3.63, 3.8) is 0 Å². The van der Waals surface area contributed by atoms with Gasteiger partial charge >= 0.3 is 0 Å². The van der Waals surface area contributed by atoms with Gasteiger partial charge in [0.25, 0.3) is 0 Å². The molecule has 2 amide bonds. The van der Waals surface area contributed by atoms with Crippen LogP contribution in [-0.2, 0) is 27.4 Å². The van der Waals surface area contributed by atoms with Crippen LogP contribution in [0.25, 0.3) is 0 Å². The van der Waals surface area contributed by atoms with Crippen molar-refractivity contribution in [1.29, 1.82) is 0 Å². The molecule has 3 aliphatic heterocycles. The van der Waals surface area contributed by atoms with Gasteiger partial charge in [-0.1, -0.05) is 42.0 Å². The molecule has 2 fully saturated rings. The molecule has 7 heteroatoms. The molecule has 5 rings (SSSR count). The molecular weight excluding hydrogens is 380 g/mol. The monoisotopic (exact) mass is 406 g/mol. The maximum Gasteiger partial charge on any atom is 0.230 e. The lowest BCUT2D eigenvalue weighted by Crippen LogP contribution is -2.45. The summed E-state index contributed by atoms with van der Waals surface area (Å²) >= 11 is 0. The standard InChI is InChI=1S/C23H26N4O3/c1-16-5-3-6-17(13-16)14-26-15-23-8-7-18(30-23)19(20(23)22(26)29)21(28)25(2)11-12-27-10-4-9-24-27/h3-10,13,18-20H,11-12,14-15H2,1-2H3/t18-,19?,20?,23-/m0/s1. The van der Waals surface area contributed by atoms with E-state index in [0.717, 1.165) is 5.56 Å². The third-order valence-corrected chi connectivity index (χ3v) is 6.52. The van der Waals surface area contributed by atoms with Crippen molar-refractivity contribution in [2.24, 2.45) is 11.8 Å². The molecule has 1 aromatic carbocycles. The van der Waals surface area contributed by atoms with Crippen molar-refractivity contribution >= 4 is 11.8 Å². The zero-order valence-corrected chi connectivity index (χ0v) is 17.3. The van der Waals surface area contributed by atoms with E-state index in [1.807, 2.05) is 54.4 Å². The van der Waals surface area contributed by atoms with Gasteiger partial charge in [0, 0.05) is 32.5 Å². The number of amides is 2. The topological polar surface area (TPSA) is 67.7 Å². The van der Waals surface area contributed by atoms with Crippen LogP contribution in [0.1, 0.15) is 11.1 Å². The maximum absolute atomic E-state index is 13.4. The maximum atomic E-state index is 13.4. The average Bonchev–Trinajstić information content (AvgIpc) is 3.49. The fraction of sp³-hybridized carbons (Fsp3) is 0.435. The summed E-state index contributed by atoms with van der Waals surface area (Å²) in [6.45, 7) is 4.24. The summed E-state index contributed by atoms with van der Waals surface area (Å²) in [5.74, 6) is -0.930. The first kappa shape index (κ1) is 19.1. The van der Waals surface area contributed by atoms with Crippen molar-refractivity contribution in [3.05, 3.63) is 66.0 Å². The van der Waals surface area contributed by atoms with E-state index in [2.05, 4.69) is 11.2 Å². The second kappa shape index (κ2) is 7.09. The summed E-state index contributed by atoms with van der Waals surface area (Å²) in [6, 6.07) is 10.0. The van der Waals surface area contributed by atoms with E-state index < -0.39 is 17.4 Å². The number of ether oxygens (including phenoxy) is 1. The van der Waals surface area contributed by atoms with Gasteiger partial charge in [0.15, 0.2) is 0 Å². The summed E-state index contributed by atoms with van der Waals surface area (Å²) in [6.07, 6.45) is 7.24. The molecule has 2 bridgehead atoms. The summed E-state index contributed by atoms with van der Waals surface area (Å²) in [5, 5.41) is 4.19. The van der Waals surface area contributed by atoms with Crippen molar-refractivity contribution in [2.45, 2.75) is 31.7 Å². The van der Waals surface area contributed by atoms with Crippen LogP contribution in [0.2, 0.25) is 0 Å². The molecule has 2 unspecified atom stereocenters. The van der Waals surface area contributed by atoms with Crippen molar-refractivity contribution in [2.75, 3.05) is 20.1 Å². The Kier molecular flexibility index (Phi) is 4.50. The Morgan fingerprint density at radius 2 is 2.23 bits per heavy atom. The van der Waals surface area contributed by atoms with Gasteiger partial charge in [-0.15, -0.1) is 0 Å². The second-order valence-corrected chi connectivity index (χ2v) is 8.61.